The summed E-state index contributed by atoms with van der Waals surface area (Å²) in [4.78, 5) is -0.0939. The Bertz CT molecular complexity index is 2840. The summed E-state index contributed by atoms with van der Waals surface area (Å²) in [6.45, 7) is 36.8. The van der Waals surface area contributed by atoms with Crippen molar-refractivity contribution in [3.8, 4) is 0 Å². The second kappa shape index (κ2) is 23.5. The molecule has 6 rings (SSSR count). The zero-order valence-corrected chi connectivity index (χ0v) is 48.2. The summed E-state index contributed by atoms with van der Waals surface area (Å²) >= 11 is 0. The summed E-state index contributed by atoms with van der Waals surface area (Å²) in [5.74, 6) is 1.09. The van der Waals surface area contributed by atoms with Crippen molar-refractivity contribution in [2.24, 2.45) is 0 Å². The molecule has 0 aromatic heterocycles. The fourth-order valence-electron chi connectivity index (χ4n) is 10.7. The fraction of sp³-hybridized carbons (Fsp3) is 0.474. The van der Waals surface area contributed by atoms with Crippen LogP contribution in [0.25, 0.3) is 32.3 Å². The van der Waals surface area contributed by atoms with E-state index in [1.165, 1.54) is 0 Å². The zero-order valence-electron chi connectivity index (χ0n) is 44.6. The molecule has 0 spiro atoms. The van der Waals surface area contributed by atoms with Gasteiger partial charge in [0.1, 0.15) is 30.4 Å². The molecular formula is C57H75AlO9S3. The Hall–Kier alpha value is -3.64. The second-order valence-electron chi connectivity index (χ2n) is 21.1. The van der Waals surface area contributed by atoms with Crippen LogP contribution in [0.2, 0.25) is 0 Å². The average Bonchev–Trinajstić information content (AvgIpc) is 3.22. The first-order chi connectivity index (χ1) is 31.7. The minimum atomic E-state index is -4.55. The van der Waals surface area contributed by atoms with Crippen LogP contribution in [0.15, 0.2) is 87.5 Å². The minimum absolute atomic E-state index is 0. The first-order valence-electron chi connectivity index (χ1n) is 24.3. The quantitative estimate of drug-likeness (QED) is 0.0854. The van der Waals surface area contributed by atoms with E-state index in [0.29, 0.717) is 32.8 Å². The molecule has 378 valence electrons. The molecule has 0 aliphatic rings. The molecule has 0 N–H and O–H groups in total. The molecule has 0 unspecified atom stereocenters. The predicted octanol–water partition coefficient (Wildman–Crippen LogP) is 15.0. The van der Waals surface area contributed by atoms with Gasteiger partial charge in [-0.2, -0.15) is 0 Å². The van der Waals surface area contributed by atoms with Crippen molar-refractivity contribution in [3.63, 3.8) is 0 Å². The molecule has 0 atom stereocenters. The van der Waals surface area contributed by atoms with Gasteiger partial charge in [-0.1, -0.05) is 197 Å². The Labute approximate surface area is 431 Å². The fourth-order valence-corrected chi connectivity index (χ4v) is 13.9. The van der Waals surface area contributed by atoms with Crippen molar-refractivity contribution >= 4 is 80.0 Å². The summed E-state index contributed by atoms with van der Waals surface area (Å²) in [7, 11) is -13.7. The van der Waals surface area contributed by atoms with Gasteiger partial charge < -0.3 is 13.7 Å². The van der Waals surface area contributed by atoms with Gasteiger partial charge in [0, 0.05) is 0 Å². The van der Waals surface area contributed by atoms with E-state index in [1.807, 2.05) is 77.9 Å². The molecule has 0 saturated heterocycles. The van der Waals surface area contributed by atoms with Crippen LogP contribution in [0.3, 0.4) is 0 Å². The van der Waals surface area contributed by atoms with Crippen LogP contribution in [0.5, 0.6) is 0 Å². The number of hydrogen-bond acceptors (Lipinski definition) is 9. The van der Waals surface area contributed by atoms with Gasteiger partial charge in [0.05, 0.1) is 14.7 Å². The van der Waals surface area contributed by atoms with Gasteiger partial charge in [-0.15, -0.1) is 0 Å². The van der Waals surface area contributed by atoms with Gasteiger partial charge in [-0.05, 0) is 136 Å². The summed E-state index contributed by atoms with van der Waals surface area (Å²) < 4.78 is 109. The molecule has 9 nitrogen and oxygen atoms in total. The molecule has 70 heavy (non-hydrogen) atoms. The third kappa shape index (κ3) is 12.6. The van der Waals surface area contributed by atoms with Crippen LogP contribution in [0.4, 0.5) is 0 Å². The van der Waals surface area contributed by atoms with Crippen LogP contribution < -0.4 is 0 Å². The first kappa shape index (κ1) is 60.7. The molecule has 0 aliphatic heterocycles. The summed E-state index contributed by atoms with van der Waals surface area (Å²) in [6, 6.07) is 22.1. The Morgan fingerprint density at radius 2 is 0.400 bits per heavy atom. The van der Waals surface area contributed by atoms with Crippen LogP contribution in [0.1, 0.15) is 228 Å². The van der Waals surface area contributed by atoms with E-state index in [0.717, 1.165) is 49.5 Å². The third-order valence-corrected chi connectivity index (χ3v) is 15.6. The van der Waals surface area contributed by atoms with Crippen molar-refractivity contribution in [1.82, 2.24) is 0 Å². The summed E-state index contributed by atoms with van der Waals surface area (Å²) in [5, 5.41) is 4.30. The molecule has 0 fully saturated rings. The smallest absolute Gasteiger partial charge is 0.744 e. The minimum Gasteiger partial charge on any atom is -0.744 e. The molecule has 0 bridgehead atoms. The maximum absolute atomic E-state index is 12.1. The van der Waals surface area contributed by atoms with E-state index in [-0.39, 0.29) is 85.3 Å². The number of benzene rings is 6. The first-order valence-corrected chi connectivity index (χ1v) is 28.6. The van der Waals surface area contributed by atoms with E-state index in [4.69, 9.17) is 0 Å². The molecular weight excluding hydrogens is 952 g/mol. The largest absolute Gasteiger partial charge is 3.00 e. The van der Waals surface area contributed by atoms with Crippen molar-refractivity contribution in [2.45, 2.75) is 193 Å². The van der Waals surface area contributed by atoms with Crippen LogP contribution in [-0.4, -0.2) is 56.3 Å². The summed E-state index contributed by atoms with van der Waals surface area (Å²) in [6.07, 6.45) is 0. The van der Waals surface area contributed by atoms with Crippen LogP contribution >= 0.6 is 0 Å². The van der Waals surface area contributed by atoms with E-state index in [1.54, 1.807) is 36.4 Å². The van der Waals surface area contributed by atoms with Gasteiger partial charge >= 0.3 is 17.4 Å². The number of rotatable bonds is 12. The summed E-state index contributed by atoms with van der Waals surface area (Å²) in [5.41, 5.74) is 8.60. The molecule has 6 aromatic carbocycles. The Balaban J connectivity index is 0.000000276. The Morgan fingerprint density at radius 1 is 0.257 bits per heavy atom. The van der Waals surface area contributed by atoms with E-state index in [9.17, 15) is 38.9 Å². The average molecular weight is 1030 g/mol. The SMILES string of the molecule is CC(C)c1c(C(C)C)c(S(=O)(=O)[O-])c2ccccc2c1C(C)C.CC(C)c1c(C(C)C)c(S(=O)(=O)[O-])c2ccccc2c1C(C)C.CC(C)c1c(C(C)C)c(S(=O)(=O)[O-])c2ccccc2c1C(C)C.[Al+3]. The maximum Gasteiger partial charge on any atom is 3.00 e. The van der Waals surface area contributed by atoms with Crippen LogP contribution in [-0.2, 0) is 30.4 Å². The van der Waals surface area contributed by atoms with Gasteiger partial charge in [0.25, 0.3) is 0 Å². The Kier molecular flexibility index (Phi) is 20.4. The maximum atomic E-state index is 12.1. The number of hydrogen-bond donors (Lipinski definition) is 0. The number of fused-ring (bicyclic) bond motifs is 3. The molecule has 0 amide bonds. The predicted molar refractivity (Wildman–Crippen MR) is 288 cm³/mol. The normalized spacial score (nSPS) is 12.6. The molecule has 6 aromatic rings. The van der Waals surface area contributed by atoms with Crippen molar-refractivity contribution in [2.75, 3.05) is 0 Å². The monoisotopic (exact) mass is 1030 g/mol. The van der Waals surface area contributed by atoms with Gasteiger partial charge in [-0.25, -0.2) is 25.3 Å². The standard InChI is InChI=1S/3C19H26O3S.Al/c3*1-11(2)16-14-9-7-8-10-15(14)19(23(20,21)22)18(13(5)6)17(16)12(3)4;/h3*7-13H,1-6H3,(H,20,21,22);/q;;;+3/p-3. The van der Waals surface area contributed by atoms with Gasteiger partial charge in [0.2, 0.25) is 0 Å². The third-order valence-electron chi connectivity index (χ3n) is 12.8. The van der Waals surface area contributed by atoms with Gasteiger partial charge in [-0.3, -0.25) is 0 Å². The topological polar surface area (TPSA) is 172 Å². The molecule has 13 heteroatoms. The van der Waals surface area contributed by atoms with Crippen molar-refractivity contribution in [1.29, 1.82) is 0 Å². The van der Waals surface area contributed by atoms with E-state index >= 15 is 0 Å². The molecule has 0 aliphatic carbocycles. The molecule has 0 radical (unpaired) electrons. The van der Waals surface area contributed by atoms with E-state index in [2.05, 4.69) is 83.1 Å². The van der Waals surface area contributed by atoms with Crippen molar-refractivity contribution in [3.05, 3.63) is 123 Å². The second-order valence-corrected chi connectivity index (χ2v) is 25.1. The zero-order chi connectivity index (χ0) is 52.6. The van der Waals surface area contributed by atoms with Gasteiger partial charge in [0.15, 0.2) is 0 Å². The Morgan fingerprint density at radius 3 is 0.529 bits per heavy atom. The van der Waals surface area contributed by atoms with E-state index < -0.39 is 30.4 Å². The van der Waals surface area contributed by atoms with Crippen molar-refractivity contribution < 1.29 is 38.9 Å². The molecule has 0 heterocycles. The van der Waals surface area contributed by atoms with Crippen LogP contribution in [0, 0.1) is 0 Å². The molecule has 0 saturated carbocycles.